The Kier molecular flexibility index (Phi) is 4.84. The zero-order chi connectivity index (χ0) is 12.8. The summed E-state index contributed by atoms with van der Waals surface area (Å²) in [6, 6.07) is 3.93. The number of halogens is 1. The highest BCUT2D eigenvalue weighted by Crippen LogP contribution is 2.27. The Hall–Kier alpha value is -1.69. The third-order valence-corrected chi connectivity index (χ3v) is 2.28. The predicted molar refractivity (Wildman–Crippen MR) is 62.5 cm³/mol. The van der Waals surface area contributed by atoms with E-state index in [0.717, 1.165) is 6.07 Å². The van der Waals surface area contributed by atoms with Crippen LogP contribution in [0.1, 0.15) is 19.8 Å². The molecule has 0 aliphatic heterocycles. The number of anilines is 1. The fourth-order valence-electron chi connectivity index (χ4n) is 1.46. The lowest BCUT2D eigenvalue weighted by atomic mass is 10.2. The predicted octanol–water partition coefficient (Wildman–Crippen LogP) is 2.31. The summed E-state index contributed by atoms with van der Waals surface area (Å²) in [5.41, 5.74) is -0.370. The van der Waals surface area contributed by atoms with Crippen LogP contribution in [0.5, 0.6) is 0 Å². The second-order valence-electron chi connectivity index (χ2n) is 3.81. The first-order valence-electron chi connectivity index (χ1n) is 5.37. The molecule has 1 aromatic rings. The third-order valence-electron chi connectivity index (χ3n) is 2.28. The van der Waals surface area contributed by atoms with Crippen molar-refractivity contribution >= 4 is 11.4 Å². The van der Waals surface area contributed by atoms with Gasteiger partial charge in [-0.1, -0.05) is 6.07 Å². The van der Waals surface area contributed by atoms with Crippen molar-refractivity contribution < 1.29 is 14.4 Å². The maximum absolute atomic E-state index is 13.2. The zero-order valence-corrected chi connectivity index (χ0v) is 9.52. The molecule has 0 aliphatic rings. The molecule has 17 heavy (non-hydrogen) atoms. The molecule has 5 nitrogen and oxygen atoms in total. The first-order chi connectivity index (χ1) is 8.02. The van der Waals surface area contributed by atoms with Crippen LogP contribution in [0.3, 0.4) is 0 Å². The van der Waals surface area contributed by atoms with Crippen LogP contribution in [-0.2, 0) is 0 Å². The first kappa shape index (κ1) is 13.4. The van der Waals surface area contributed by atoms with Crippen LogP contribution >= 0.6 is 0 Å². The van der Waals surface area contributed by atoms with E-state index >= 15 is 0 Å². The second-order valence-corrected chi connectivity index (χ2v) is 3.81. The average molecular weight is 242 g/mol. The average Bonchev–Trinajstić information content (AvgIpc) is 2.23. The van der Waals surface area contributed by atoms with Crippen molar-refractivity contribution in [2.75, 3.05) is 11.9 Å². The molecule has 0 amide bonds. The molecule has 1 aromatic carbocycles. The van der Waals surface area contributed by atoms with Gasteiger partial charge in [-0.05, 0) is 31.9 Å². The lowest BCUT2D eigenvalue weighted by Gasteiger charge is -2.08. The summed E-state index contributed by atoms with van der Waals surface area (Å²) in [6.07, 6.45) is 0.848. The molecule has 1 rings (SSSR count). The normalized spacial score (nSPS) is 12.2. The minimum absolute atomic E-state index is 0.167. The number of hydrogen-bond acceptors (Lipinski definition) is 4. The molecule has 0 saturated carbocycles. The summed E-state index contributed by atoms with van der Waals surface area (Å²) in [6.45, 7) is 2.12. The van der Waals surface area contributed by atoms with Gasteiger partial charge in [0.1, 0.15) is 5.69 Å². The van der Waals surface area contributed by atoms with E-state index in [1.54, 1.807) is 6.92 Å². The number of nitro benzene ring substituents is 1. The SMILES string of the molecule is CC(O)CCCNc1cccc(F)c1[N+](=O)[O-]. The van der Waals surface area contributed by atoms with Crippen LogP contribution < -0.4 is 5.32 Å². The van der Waals surface area contributed by atoms with Gasteiger partial charge >= 0.3 is 5.69 Å². The Labute approximate surface area is 98.4 Å². The number of aliphatic hydroxyl groups excluding tert-OH is 1. The third kappa shape index (κ3) is 3.99. The zero-order valence-electron chi connectivity index (χ0n) is 9.52. The van der Waals surface area contributed by atoms with E-state index in [1.807, 2.05) is 0 Å². The summed E-state index contributed by atoms with van der Waals surface area (Å²) in [5, 5.41) is 22.5. The molecule has 0 saturated heterocycles. The van der Waals surface area contributed by atoms with Gasteiger partial charge < -0.3 is 10.4 Å². The van der Waals surface area contributed by atoms with Gasteiger partial charge in [-0.25, -0.2) is 0 Å². The molecule has 0 radical (unpaired) electrons. The fourth-order valence-corrected chi connectivity index (χ4v) is 1.46. The van der Waals surface area contributed by atoms with Gasteiger partial charge in [-0.2, -0.15) is 4.39 Å². The van der Waals surface area contributed by atoms with Crippen molar-refractivity contribution in [2.45, 2.75) is 25.9 Å². The van der Waals surface area contributed by atoms with Crippen LogP contribution in [0.2, 0.25) is 0 Å². The fraction of sp³-hybridized carbons (Fsp3) is 0.455. The van der Waals surface area contributed by atoms with E-state index in [9.17, 15) is 14.5 Å². The number of nitrogens with zero attached hydrogens (tertiary/aromatic N) is 1. The number of rotatable bonds is 6. The van der Waals surface area contributed by atoms with Crippen molar-refractivity contribution in [1.29, 1.82) is 0 Å². The van der Waals surface area contributed by atoms with Crippen LogP contribution in [0.15, 0.2) is 18.2 Å². The Bertz CT molecular complexity index is 396. The lowest BCUT2D eigenvalue weighted by Crippen LogP contribution is -2.08. The lowest BCUT2D eigenvalue weighted by molar-refractivity contribution is -0.386. The van der Waals surface area contributed by atoms with Gasteiger partial charge in [0.25, 0.3) is 0 Å². The molecule has 0 bridgehead atoms. The number of aliphatic hydroxyl groups is 1. The van der Waals surface area contributed by atoms with Crippen molar-refractivity contribution in [1.82, 2.24) is 0 Å². The van der Waals surface area contributed by atoms with Crippen LogP contribution in [-0.4, -0.2) is 22.7 Å². The molecule has 1 unspecified atom stereocenters. The Morgan fingerprint density at radius 3 is 2.88 bits per heavy atom. The molecule has 0 aromatic heterocycles. The minimum Gasteiger partial charge on any atom is -0.393 e. The van der Waals surface area contributed by atoms with Crippen LogP contribution in [0.4, 0.5) is 15.8 Å². The highest BCUT2D eigenvalue weighted by atomic mass is 19.1. The largest absolute Gasteiger partial charge is 0.393 e. The van der Waals surface area contributed by atoms with Crippen LogP contribution in [0, 0.1) is 15.9 Å². The molecule has 0 aliphatic carbocycles. The summed E-state index contributed by atoms with van der Waals surface area (Å²) in [7, 11) is 0. The van der Waals surface area contributed by atoms with Gasteiger partial charge in [-0.3, -0.25) is 10.1 Å². The maximum atomic E-state index is 13.2. The standard InChI is InChI=1S/C11H15FN2O3/c1-8(15)4-3-7-13-10-6-2-5-9(12)11(10)14(16)17/h2,5-6,8,13,15H,3-4,7H2,1H3. The first-order valence-corrected chi connectivity index (χ1v) is 5.37. The Morgan fingerprint density at radius 2 is 2.29 bits per heavy atom. The number of para-hydroxylation sites is 1. The molecule has 1 atom stereocenters. The maximum Gasteiger partial charge on any atom is 0.327 e. The molecular weight excluding hydrogens is 227 g/mol. The van der Waals surface area contributed by atoms with E-state index in [0.29, 0.717) is 19.4 Å². The van der Waals surface area contributed by atoms with Crippen molar-refractivity contribution in [3.8, 4) is 0 Å². The van der Waals surface area contributed by atoms with Gasteiger partial charge in [0, 0.05) is 6.54 Å². The summed E-state index contributed by atoms with van der Waals surface area (Å²) in [5.74, 6) is -0.851. The number of nitrogens with one attached hydrogen (secondary N) is 1. The molecular formula is C11H15FN2O3. The molecule has 6 heteroatoms. The molecule has 2 N–H and O–H groups in total. The molecule has 0 spiro atoms. The molecule has 0 fully saturated rings. The van der Waals surface area contributed by atoms with Gasteiger partial charge in [0.05, 0.1) is 11.0 Å². The second kappa shape index (κ2) is 6.15. The van der Waals surface area contributed by atoms with E-state index in [-0.39, 0.29) is 5.69 Å². The minimum atomic E-state index is -0.851. The number of nitro groups is 1. The quantitative estimate of drug-likeness (QED) is 0.456. The van der Waals surface area contributed by atoms with Crippen molar-refractivity contribution in [3.05, 3.63) is 34.1 Å². The van der Waals surface area contributed by atoms with Crippen molar-refractivity contribution in [3.63, 3.8) is 0 Å². The molecule has 0 heterocycles. The highest BCUT2D eigenvalue weighted by Gasteiger charge is 2.19. The highest BCUT2D eigenvalue weighted by molar-refractivity contribution is 5.61. The van der Waals surface area contributed by atoms with Gasteiger partial charge in [0.15, 0.2) is 0 Å². The Balaban J connectivity index is 2.64. The summed E-state index contributed by atoms with van der Waals surface area (Å²) in [4.78, 5) is 9.93. The number of hydrogen-bond donors (Lipinski definition) is 2. The smallest absolute Gasteiger partial charge is 0.327 e. The van der Waals surface area contributed by atoms with Crippen molar-refractivity contribution in [2.24, 2.45) is 0 Å². The molecule has 94 valence electrons. The Morgan fingerprint density at radius 1 is 1.59 bits per heavy atom. The summed E-state index contributed by atoms with van der Waals surface area (Å²) >= 11 is 0. The van der Waals surface area contributed by atoms with E-state index < -0.39 is 22.5 Å². The van der Waals surface area contributed by atoms with E-state index in [4.69, 9.17) is 5.11 Å². The monoisotopic (exact) mass is 242 g/mol. The van der Waals surface area contributed by atoms with Gasteiger partial charge in [0.2, 0.25) is 5.82 Å². The number of benzene rings is 1. The summed E-state index contributed by atoms with van der Waals surface area (Å²) < 4.78 is 13.2. The topological polar surface area (TPSA) is 75.4 Å². The van der Waals surface area contributed by atoms with E-state index in [2.05, 4.69) is 5.32 Å². The van der Waals surface area contributed by atoms with E-state index in [1.165, 1.54) is 12.1 Å². The van der Waals surface area contributed by atoms with Gasteiger partial charge in [-0.15, -0.1) is 0 Å². The van der Waals surface area contributed by atoms with Crippen LogP contribution in [0.25, 0.3) is 0 Å².